The largest absolute Gasteiger partial charge is 0.312 e. The Bertz CT molecular complexity index is 1040. The van der Waals surface area contributed by atoms with Gasteiger partial charge in [-0.1, -0.05) is 6.07 Å². The van der Waals surface area contributed by atoms with E-state index in [-0.39, 0.29) is 11.8 Å². The average molecular weight is 385 g/mol. The number of anilines is 2. The molecule has 5 nitrogen and oxygen atoms in total. The maximum Gasteiger partial charge on any atom is 0.262 e. The summed E-state index contributed by atoms with van der Waals surface area (Å²) in [6, 6.07) is 9.06. The average Bonchev–Trinajstić information content (AvgIpc) is 3.37. The molecule has 27 heavy (non-hydrogen) atoms. The summed E-state index contributed by atoms with van der Waals surface area (Å²) in [7, 11) is -3.66. The molecule has 1 aliphatic heterocycles. The molecular formula is C21H24N2O3S. The molecule has 0 unspecified atom stereocenters. The number of amides is 1. The Hall–Kier alpha value is -2.34. The Morgan fingerprint density at radius 1 is 1.04 bits per heavy atom. The minimum Gasteiger partial charge on any atom is -0.312 e. The van der Waals surface area contributed by atoms with Crippen molar-refractivity contribution in [1.82, 2.24) is 0 Å². The van der Waals surface area contributed by atoms with E-state index in [4.69, 9.17) is 0 Å². The number of fused-ring (bicyclic) bond motifs is 1. The first kappa shape index (κ1) is 18.0. The van der Waals surface area contributed by atoms with Crippen molar-refractivity contribution in [2.45, 2.75) is 44.9 Å². The SMILES string of the molecule is Cc1cc(C)c(S(=O)(=O)Nc2ccc3c(c2)CCN3C(=O)C2CC2)cc1C. The molecule has 1 aliphatic carbocycles. The Kier molecular flexibility index (Phi) is 4.26. The van der Waals surface area contributed by atoms with Crippen LogP contribution in [0.2, 0.25) is 0 Å². The molecule has 142 valence electrons. The Balaban J connectivity index is 1.60. The van der Waals surface area contributed by atoms with E-state index < -0.39 is 10.0 Å². The fourth-order valence-electron chi connectivity index (χ4n) is 3.68. The highest BCUT2D eigenvalue weighted by Crippen LogP contribution is 2.37. The molecule has 0 saturated heterocycles. The second-order valence-electron chi connectivity index (χ2n) is 7.67. The molecular weight excluding hydrogens is 360 g/mol. The highest BCUT2D eigenvalue weighted by atomic mass is 32.2. The monoisotopic (exact) mass is 384 g/mol. The van der Waals surface area contributed by atoms with E-state index in [1.54, 1.807) is 12.1 Å². The fourth-order valence-corrected chi connectivity index (χ4v) is 5.04. The van der Waals surface area contributed by atoms with E-state index in [9.17, 15) is 13.2 Å². The number of carbonyl (C=O) groups excluding carboxylic acids is 1. The third-order valence-electron chi connectivity index (χ3n) is 5.50. The van der Waals surface area contributed by atoms with Gasteiger partial charge in [-0.2, -0.15) is 0 Å². The quantitative estimate of drug-likeness (QED) is 0.874. The molecule has 1 amide bonds. The van der Waals surface area contributed by atoms with E-state index in [1.807, 2.05) is 43.9 Å². The van der Waals surface area contributed by atoms with Gasteiger partial charge in [-0.15, -0.1) is 0 Å². The lowest BCUT2D eigenvalue weighted by Crippen LogP contribution is -2.30. The van der Waals surface area contributed by atoms with Gasteiger partial charge in [-0.25, -0.2) is 8.42 Å². The zero-order valence-corrected chi connectivity index (χ0v) is 16.7. The lowest BCUT2D eigenvalue weighted by Gasteiger charge is -2.17. The molecule has 2 aromatic carbocycles. The van der Waals surface area contributed by atoms with Gasteiger partial charge >= 0.3 is 0 Å². The number of hydrogen-bond acceptors (Lipinski definition) is 3. The first-order valence-corrected chi connectivity index (χ1v) is 10.8. The van der Waals surface area contributed by atoms with Crippen LogP contribution in [0.25, 0.3) is 0 Å². The lowest BCUT2D eigenvalue weighted by molar-refractivity contribution is -0.119. The zero-order chi connectivity index (χ0) is 19.3. The summed E-state index contributed by atoms with van der Waals surface area (Å²) in [6.07, 6.45) is 2.72. The van der Waals surface area contributed by atoms with Crippen molar-refractivity contribution in [3.63, 3.8) is 0 Å². The molecule has 1 saturated carbocycles. The van der Waals surface area contributed by atoms with Crippen LogP contribution in [-0.2, 0) is 21.2 Å². The maximum atomic E-state index is 12.9. The van der Waals surface area contributed by atoms with Crippen LogP contribution in [0, 0.1) is 26.7 Å². The van der Waals surface area contributed by atoms with Gasteiger partial charge in [0.1, 0.15) is 0 Å². The predicted octanol–water partition coefficient (Wildman–Crippen LogP) is 3.71. The smallest absolute Gasteiger partial charge is 0.262 e. The highest BCUT2D eigenvalue weighted by molar-refractivity contribution is 7.92. The van der Waals surface area contributed by atoms with Crippen molar-refractivity contribution in [3.05, 3.63) is 52.6 Å². The minimum absolute atomic E-state index is 0.182. The summed E-state index contributed by atoms with van der Waals surface area (Å²) in [4.78, 5) is 14.5. The van der Waals surface area contributed by atoms with E-state index >= 15 is 0 Å². The molecule has 6 heteroatoms. The second-order valence-corrected chi connectivity index (χ2v) is 9.32. The fraction of sp³-hybridized carbons (Fsp3) is 0.381. The Labute approximate surface area is 160 Å². The molecule has 0 radical (unpaired) electrons. The van der Waals surface area contributed by atoms with Crippen LogP contribution in [0.3, 0.4) is 0 Å². The molecule has 0 bridgehead atoms. The molecule has 0 aromatic heterocycles. The Morgan fingerprint density at radius 2 is 1.74 bits per heavy atom. The standard InChI is InChI=1S/C21H24N2O3S/c1-13-10-15(3)20(11-14(13)2)27(25,26)22-18-6-7-19-17(12-18)8-9-23(19)21(24)16-4-5-16/h6-7,10-12,16,22H,4-5,8-9H2,1-3H3. The van der Waals surface area contributed by atoms with E-state index in [0.29, 0.717) is 17.1 Å². The molecule has 1 N–H and O–H groups in total. The van der Waals surface area contributed by atoms with Crippen LogP contribution in [0.1, 0.15) is 35.1 Å². The predicted molar refractivity (Wildman–Crippen MR) is 107 cm³/mol. The summed E-state index contributed by atoms with van der Waals surface area (Å²) in [6.45, 7) is 6.37. The van der Waals surface area contributed by atoms with Gasteiger partial charge in [0.2, 0.25) is 5.91 Å². The van der Waals surface area contributed by atoms with Crippen LogP contribution < -0.4 is 9.62 Å². The summed E-state index contributed by atoms with van der Waals surface area (Å²) >= 11 is 0. The number of sulfonamides is 1. The van der Waals surface area contributed by atoms with Crippen molar-refractivity contribution in [3.8, 4) is 0 Å². The maximum absolute atomic E-state index is 12.9. The van der Waals surface area contributed by atoms with Crippen LogP contribution in [0.15, 0.2) is 35.2 Å². The topological polar surface area (TPSA) is 66.5 Å². The summed E-state index contributed by atoms with van der Waals surface area (Å²) in [5, 5.41) is 0. The number of nitrogens with zero attached hydrogens (tertiary/aromatic N) is 1. The number of aryl methyl sites for hydroxylation is 3. The van der Waals surface area contributed by atoms with Crippen molar-refractivity contribution in [2.24, 2.45) is 5.92 Å². The van der Waals surface area contributed by atoms with Crippen LogP contribution in [-0.4, -0.2) is 20.9 Å². The van der Waals surface area contributed by atoms with Gasteiger partial charge < -0.3 is 4.90 Å². The van der Waals surface area contributed by atoms with Crippen molar-refractivity contribution in [1.29, 1.82) is 0 Å². The zero-order valence-electron chi connectivity index (χ0n) is 15.9. The van der Waals surface area contributed by atoms with E-state index in [1.165, 1.54) is 0 Å². The van der Waals surface area contributed by atoms with Gasteiger partial charge in [0.25, 0.3) is 10.0 Å². The number of carbonyl (C=O) groups is 1. The third kappa shape index (κ3) is 3.34. The van der Waals surface area contributed by atoms with Crippen LogP contribution in [0.4, 0.5) is 11.4 Å². The van der Waals surface area contributed by atoms with Crippen LogP contribution >= 0.6 is 0 Å². The van der Waals surface area contributed by atoms with Gasteiger partial charge in [-0.05, 0) is 86.6 Å². The van der Waals surface area contributed by atoms with Gasteiger partial charge in [0, 0.05) is 23.8 Å². The van der Waals surface area contributed by atoms with Crippen LogP contribution in [0.5, 0.6) is 0 Å². The summed E-state index contributed by atoms with van der Waals surface area (Å²) in [5.41, 5.74) is 5.21. The minimum atomic E-state index is -3.66. The van der Waals surface area contributed by atoms with Gasteiger partial charge in [-0.3, -0.25) is 9.52 Å². The molecule has 0 spiro atoms. The molecule has 4 rings (SSSR count). The van der Waals surface area contributed by atoms with Gasteiger partial charge in [0.15, 0.2) is 0 Å². The number of benzene rings is 2. The van der Waals surface area contributed by atoms with Crippen molar-refractivity contribution in [2.75, 3.05) is 16.2 Å². The molecule has 0 atom stereocenters. The highest BCUT2D eigenvalue weighted by Gasteiger charge is 2.36. The summed E-state index contributed by atoms with van der Waals surface area (Å²) < 4.78 is 28.5. The normalized spacial score (nSPS) is 16.3. The lowest BCUT2D eigenvalue weighted by atomic mass is 10.1. The van der Waals surface area contributed by atoms with Gasteiger partial charge in [0.05, 0.1) is 4.90 Å². The first-order chi connectivity index (χ1) is 12.8. The second kappa shape index (κ2) is 6.37. The summed E-state index contributed by atoms with van der Waals surface area (Å²) in [5.74, 6) is 0.384. The number of hydrogen-bond donors (Lipinski definition) is 1. The molecule has 1 fully saturated rings. The number of nitrogens with one attached hydrogen (secondary N) is 1. The van der Waals surface area contributed by atoms with Crippen molar-refractivity contribution >= 4 is 27.3 Å². The Morgan fingerprint density at radius 3 is 2.44 bits per heavy atom. The van der Waals surface area contributed by atoms with Crippen molar-refractivity contribution < 1.29 is 13.2 Å². The molecule has 2 aliphatic rings. The van der Waals surface area contributed by atoms with E-state index in [0.717, 1.165) is 47.2 Å². The molecule has 2 aromatic rings. The van der Waals surface area contributed by atoms with E-state index in [2.05, 4.69) is 4.72 Å². The first-order valence-electron chi connectivity index (χ1n) is 9.31. The molecule has 1 heterocycles. The third-order valence-corrected chi connectivity index (χ3v) is 7.02. The number of rotatable bonds is 4.